The first-order valence-electron chi connectivity index (χ1n) is 10.2. The van der Waals surface area contributed by atoms with Crippen molar-refractivity contribution >= 4 is 46.1 Å². The molecule has 2 amide bonds. The lowest BCUT2D eigenvalue weighted by atomic mass is 9.94. The number of carbonyl (C=O) groups excluding carboxylic acids is 2. The van der Waals surface area contributed by atoms with Crippen molar-refractivity contribution in [2.24, 2.45) is 0 Å². The molecule has 3 aromatic rings. The summed E-state index contributed by atoms with van der Waals surface area (Å²) in [6.45, 7) is 6.23. The Bertz CT molecular complexity index is 1130. The minimum absolute atomic E-state index is 0.0785. The number of oxazole rings is 1. The molecule has 0 bridgehead atoms. The van der Waals surface area contributed by atoms with Crippen molar-refractivity contribution in [2.75, 3.05) is 12.4 Å². The molecule has 0 fully saturated rings. The van der Waals surface area contributed by atoms with Gasteiger partial charge < -0.3 is 9.73 Å². The molecular weight excluding hydrogens is 460 g/mol. The highest BCUT2D eigenvalue weighted by atomic mass is 32.2. The van der Waals surface area contributed by atoms with Crippen molar-refractivity contribution in [3.8, 4) is 0 Å². The number of thioether (sulfide) groups is 1. The Kier molecular flexibility index (Phi) is 8.06. The number of thiazole rings is 1. The maximum Gasteiger partial charge on any atom is 0.269 e. The molecule has 0 aliphatic carbocycles. The van der Waals surface area contributed by atoms with Crippen molar-refractivity contribution in [2.45, 2.75) is 42.6 Å². The van der Waals surface area contributed by atoms with E-state index in [0.29, 0.717) is 21.8 Å². The van der Waals surface area contributed by atoms with Crippen molar-refractivity contribution in [3.05, 3.63) is 65.5 Å². The zero-order valence-electron chi connectivity index (χ0n) is 18.9. The van der Waals surface area contributed by atoms with Crippen LogP contribution in [-0.4, -0.2) is 39.1 Å². The van der Waals surface area contributed by atoms with E-state index < -0.39 is 5.91 Å². The number of likely N-dealkylation sites (N-methyl/N-ethyl adjacent to an activating group) is 1. The quantitative estimate of drug-likeness (QED) is 0.204. The van der Waals surface area contributed by atoms with Crippen LogP contribution in [0.25, 0.3) is 6.08 Å². The largest absolute Gasteiger partial charge is 0.444 e. The predicted octanol–water partition coefficient (Wildman–Crippen LogP) is 4.76. The van der Waals surface area contributed by atoms with Gasteiger partial charge in [-0.3, -0.25) is 14.8 Å². The second kappa shape index (κ2) is 10.8. The first kappa shape index (κ1) is 24.7. The number of hydroxylamine groups is 2. The highest BCUT2D eigenvalue weighted by molar-refractivity contribution is 8.00. The molecule has 1 aromatic carbocycles. The van der Waals surface area contributed by atoms with Crippen LogP contribution in [-0.2, 0) is 27.2 Å². The molecule has 174 valence electrons. The third-order valence-corrected chi connectivity index (χ3v) is 6.54. The number of nitrogens with one attached hydrogen (secondary N) is 1. The lowest BCUT2D eigenvalue weighted by molar-refractivity contribution is -0.153. The monoisotopic (exact) mass is 486 g/mol. The van der Waals surface area contributed by atoms with E-state index in [-0.39, 0.29) is 17.7 Å². The Hall–Kier alpha value is -2.95. The third-order valence-electron chi connectivity index (χ3n) is 4.44. The van der Waals surface area contributed by atoms with E-state index in [2.05, 4.69) is 36.1 Å². The number of anilines is 1. The average Bonchev–Trinajstić information content (AvgIpc) is 3.40. The molecule has 0 atom stereocenters. The van der Waals surface area contributed by atoms with Gasteiger partial charge >= 0.3 is 0 Å². The van der Waals surface area contributed by atoms with Crippen LogP contribution in [0, 0.1) is 0 Å². The summed E-state index contributed by atoms with van der Waals surface area (Å²) < 4.78 is 6.76. The Morgan fingerprint density at radius 1 is 1.21 bits per heavy atom. The van der Waals surface area contributed by atoms with Crippen LogP contribution in [0.15, 0.2) is 51.4 Å². The molecule has 2 aromatic heterocycles. The zero-order chi connectivity index (χ0) is 24.0. The normalized spacial score (nSPS) is 11.7. The summed E-state index contributed by atoms with van der Waals surface area (Å²) in [5.74, 6) is 1.42. The smallest absolute Gasteiger partial charge is 0.269 e. The molecule has 2 N–H and O–H groups in total. The predicted molar refractivity (Wildman–Crippen MR) is 129 cm³/mol. The van der Waals surface area contributed by atoms with Gasteiger partial charge in [-0.2, -0.15) is 0 Å². The van der Waals surface area contributed by atoms with Gasteiger partial charge in [-0.15, -0.1) is 11.8 Å². The molecule has 0 aliphatic rings. The Morgan fingerprint density at radius 3 is 2.58 bits per heavy atom. The van der Waals surface area contributed by atoms with Crippen molar-refractivity contribution in [3.63, 3.8) is 0 Å². The van der Waals surface area contributed by atoms with Crippen molar-refractivity contribution in [1.82, 2.24) is 15.0 Å². The van der Waals surface area contributed by atoms with Gasteiger partial charge in [-0.1, -0.05) is 56.4 Å². The van der Waals surface area contributed by atoms with Gasteiger partial charge in [0.25, 0.3) is 5.91 Å². The summed E-state index contributed by atoms with van der Waals surface area (Å²) in [7, 11) is 1.26. The van der Waals surface area contributed by atoms with E-state index in [1.54, 1.807) is 42.4 Å². The molecule has 3 rings (SSSR count). The lowest BCUT2D eigenvalue weighted by Crippen LogP contribution is -2.19. The maximum absolute atomic E-state index is 12.4. The minimum Gasteiger partial charge on any atom is -0.444 e. The summed E-state index contributed by atoms with van der Waals surface area (Å²) >= 11 is 2.96. The molecular formula is C23H26N4O4S2. The maximum atomic E-state index is 12.4. The molecule has 2 heterocycles. The van der Waals surface area contributed by atoms with Crippen LogP contribution >= 0.6 is 23.1 Å². The highest BCUT2D eigenvalue weighted by Gasteiger charge is 2.19. The Balaban J connectivity index is 1.48. The van der Waals surface area contributed by atoms with E-state index in [4.69, 9.17) is 9.62 Å². The fourth-order valence-corrected chi connectivity index (χ4v) is 4.35. The van der Waals surface area contributed by atoms with Crippen LogP contribution in [0.3, 0.4) is 0 Å². The number of carbonyl (C=O) groups is 2. The van der Waals surface area contributed by atoms with E-state index in [1.807, 2.05) is 12.1 Å². The van der Waals surface area contributed by atoms with E-state index in [0.717, 1.165) is 21.1 Å². The fourth-order valence-electron chi connectivity index (χ4n) is 2.61. The topological polar surface area (TPSA) is 109 Å². The van der Waals surface area contributed by atoms with Gasteiger partial charge in [0.1, 0.15) is 5.76 Å². The van der Waals surface area contributed by atoms with Crippen LogP contribution < -0.4 is 5.32 Å². The summed E-state index contributed by atoms with van der Waals surface area (Å²) in [4.78, 5) is 32.3. The molecule has 0 spiro atoms. The van der Waals surface area contributed by atoms with Crippen molar-refractivity contribution in [1.29, 1.82) is 0 Å². The molecule has 8 nitrogen and oxygen atoms in total. The first-order chi connectivity index (χ1) is 15.6. The number of rotatable bonds is 8. The Morgan fingerprint density at radius 2 is 1.94 bits per heavy atom. The van der Waals surface area contributed by atoms with Crippen LogP contribution in [0.5, 0.6) is 0 Å². The first-order valence-corrected chi connectivity index (χ1v) is 12.0. The van der Waals surface area contributed by atoms with Gasteiger partial charge in [0.2, 0.25) is 11.8 Å². The van der Waals surface area contributed by atoms with Gasteiger partial charge in [0.05, 0.1) is 28.8 Å². The second-order valence-electron chi connectivity index (χ2n) is 8.30. The highest BCUT2D eigenvalue weighted by Crippen LogP contribution is 2.31. The van der Waals surface area contributed by atoms with Gasteiger partial charge in [0.15, 0.2) is 5.13 Å². The second-order valence-corrected chi connectivity index (χ2v) is 10.6. The summed E-state index contributed by atoms with van der Waals surface area (Å²) in [5, 5.41) is 12.9. The number of hydrogen-bond donors (Lipinski definition) is 2. The van der Waals surface area contributed by atoms with Crippen LogP contribution in [0.1, 0.15) is 43.5 Å². The molecule has 0 saturated heterocycles. The standard InChI is InChI=1S/C23H26N4O4S2/c1-23(2,3)17-12-24-19(31-17)14-32-21-13-25-22(33-21)26-18(28)11-16-7-5-15(6-8-16)9-10-20(29)27(4)30/h5-10,12-13,30H,11,14H2,1-4H3,(H,25,26,28)/b10-9+. The molecule has 0 saturated carbocycles. The summed E-state index contributed by atoms with van der Waals surface area (Å²) in [5.41, 5.74) is 1.54. The molecule has 33 heavy (non-hydrogen) atoms. The lowest BCUT2D eigenvalue weighted by Gasteiger charge is -2.12. The molecule has 0 radical (unpaired) electrons. The minimum atomic E-state index is -0.519. The summed E-state index contributed by atoms with van der Waals surface area (Å²) in [6.07, 6.45) is 6.56. The SMILES string of the molecule is CN(O)C(=O)/C=C/c1ccc(CC(=O)Nc2ncc(SCc3ncc(C(C)(C)C)o3)s2)cc1. The van der Waals surface area contributed by atoms with Gasteiger partial charge in [0, 0.05) is 18.5 Å². The Labute approximate surface area is 200 Å². The number of nitrogens with zero attached hydrogens (tertiary/aromatic N) is 3. The molecule has 0 aliphatic heterocycles. The van der Waals surface area contributed by atoms with Gasteiger partial charge in [-0.25, -0.2) is 15.0 Å². The van der Waals surface area contributed by atoms with Gasteiger partial charge in [-0.05, 0) is 17.2 Å². The zero-order valence-corrected chi connectivity index (χ0v) is 20.5. The summed E-state index contributed by atoms with van der Waals surface area (Å²) in [6, 6.07) is 7.24. The average molecular weight is 487 g/mol. The van der Waals surface area contributed by atoms with Crippen LogP contribution in [0.2, 0.25) is 0 Å². The molecule has 10 heteroatoms. The fraction of sp³-hybridized carbons (Fsp3) is 0.304. The molecule has 0 unspecified atom stereocenters. The number of aromatic nitrogens is 2. The number of benzene rings is 1. The van der Waals surface area contributed by atoms with Crippen molar-refractivity contribution < 1.29 is 19.2 Å². The number of amides is 2. The van der Waals surface area contributed by atoms with E-state index >= 15 is 0 Å². The number of hydrogen-bond acceptors (Lipinski definition) is 8. The van der Waals surface area contributed by atoms with Crippen LogP contribution in [0.4, 0.5) is 5.13 Å². The third kappa shape index (κ3) is 7.55. The van der Waals surface area contributed by atoms with E-state index in [1.165, 1.54) is 24.5 Å². The van der Waals surface area contributed by atoms with E-state index in [9.17, 15) is 9.59 Å².